The van der Waals surface area contributed by atoms with Gasteiger partial charge in [0.15, 0.2) is 0 Å². The summed E-state index contributed by atoms with van der Waals surface area (Å²) in [7, 11) is -1.13. The van der Waals surface area contributed by atoms with E-state index in [1.54, 1.807) is 31.0 Å². The van der Waals surface area contributed by atoms with Crippen molar-refractivity contribution in [2.24, 2.45) is 5.92 Å². The molecule has 3 saturated carbocycles. The standard InChI is InChI=1S/C27H44P2/c1-22(28(23-14-7-4-8-15-23)24-16-9-5-10-17-24)26-20-13-21-27(26)29(2,3)25-18-11-6-12-19-25/h6,11-12,18-19,22-24,26-27H,2,4-5,7-10,13-17,20-21H2,1,3H3/q+1/t22-,26?,27?,29?/m1/s1. The predicted octanol–water partition coefficient (Wildman–Crippen LogP) is 8.46. The molecule has 0 bridgehead atoms. The molecule has 3 fully saturated rings. The molecule has 2 heteroatoms. The summed E-state index contributed by atoms with van der Waals surface area (Å²) in [6.45, 7) is 10.2. The fourth-order valence-electron chi connectivity index (χ4n) is 7.14. The van der Waals surface area contributed by atoms with Crippen molar-refractivity contribution in [3.63, 3.8) is 0 Å². The van der Waals surface area contributed by atoms with Crippen molar-refractivity contribution in [1.82, 2.24) is 0 Å². The molecule has 1 aromatic rings. The first-order chi connectivity index (χ1) is 14.1. The molecule has 3 aliphatic carbocycles. The van der Waals surface area contributed by atoms with Gasteiger partial charge in [0, 0.05) is 5.92 Å². The van der Waals surface area contributed by atoms with Crippen LogP contribution in [0.25, 0.3) is 0 Å². The summed E-state index contributed by atoms with van der Waals surface area (Å²) in [6, 6.07) is 11.4. The van der Waals surface area contributed by atoms with Crippen LogP contribution in [0.15, 0.2) is 30.3 Å². The van der Waals surface area contributed by atoms with Crippen LogP contribution in [0.3, 0.4) is 0 Å². The van der Waals surface area contributed by atoms with Crippen molar-refractivity contribution in [3.8, 4) is 0 Å². The zero-order valence-electron chi connectivity index (χ0n) is 19.1. The van der Waals surface area contributed by atoms with E-state index in [1.165, 1.54) is 57.8 Å². The maximum Gasteiger partial charge on any atom is 0.0980 e. The highest BCUT2D eigenvalue weighted by Crippen LogP contribution is 2.68. The van der Waals surface area contributed by atoms with Crippen molar-refractivity contribution in [3.05, 3.63) is 37.0 Å². The summed E-state index contributed by atoms with van der Waals surface area (Å²) in [6.07, 6.45) is 19.7. The van der Waals surface area contributed by atoms with Crippen LogP contribution in [0.2, 0.25) is 0 Å². The average Bonchev–Trinajstić information content (AvgIpc) is 3.27. The summed E-state index contributed by atoms with van der Waals surface area (Å²) < 4.78 is 0. The van der Waals surface area contributed by atoms with Gasteiger partial charge >= 0.3 is 0 Å². The normalized spacial score (nSPS) is 28.7. The Morgan fingerprint density at radius 3 is 1.90 bits per heavy atom. The molecule has 3 aliphatic rings. The van der Waals surface area contributed by atoms with Crippen molar-refractivity contribution < 1.29 is 0 Å². The summed E-state index contributed by atoms with van der Waals surface area (Å²) in [5.41, 5.74) is 4.01. The van der Waals surface area contributed by atoms with E-state index >= 15 is 0 Å². The lowest BCUT2D eigenvalue weighted by Gasteiger charge is -2.45. The highest BCUT2D eigenvalue weighted by atomic mass is 31.2. The molecule has 4 rings (SSSR count). The maximum absolute atomic E-state index is 4.96. The fourth-order valence-corrected chi connectivity index (χ4v) is 15.2. The first-order valence-corrected chi connectivity index (χ1v) is 16.7. The third kappa shape index (κ3) is 4.96. The third-order valence-electron chi connectivity index (χ3n) is 8.69. The van der Waals surface area contributed by atoms with Crippen LogP contribution in [0, 0.1) is 12.6 Å². The lowest BCUT2D eigenvalue weighted by atomic mass is 9.99. The Morgan fingerprint density at radius 1 is 0.793 bits per heavy atom. The third-order valence-corrected chi connectivity index (χ3v) is 16.3. The quantitative estimate of drug-likeness (QED) is 0.397. The van der Waals surface area contributed by atoms with E-state index in [4.69, 9.17) is 6.66 Å². The van der Waals surface area contributed by atoms with Crippen LogP contribution in [0.4, 0.5) is 0 Å². The van der Waals surface area contributed by atoms with E-state index in [0.717, 1.165) is 28.6 Å². The maximum atomic E-state index is 4.96. The molecule has 1 radical (unpaired) electrons. The van der Waals surface area contributed by atoms with Crippen LogP contribution in [-0.2, 0) is 0 Å². The van der Waals surface area contributed by atoms with E-state index in [9.17, 15) is 0 Å². The van der Waals surface area contributed by atoms with Crippen molar-refractivity contribution in [2.75, 3.05) is 6.66 Å². The van der Waals surface area contributed by atoms with Gasteiger partial charge < -0.3 is 0 Å². The first-order valence-electron chi connectivity index (χ1n) is 12.6. The summed E-state index contributed by atoms with van der Waals surface area (Å²) in [5.74, 6) is 0.945. The van der Waals surface area contributed by atoms with Gasteiger partial charge in [-0.15, -0.1) is 0 Å². The molecule has 161 valence electrons. The van der Waals surface area contributed by atoms with Gasteiger partial charge in [0.05, 0.1) is 31.6 Å². The molecule has 29 heavy (non-hydrogen) atoms. The Hall–Kier alpha value is 0.0800. The minimum Gasteiger partial charge on any atom is -0.0970 e. The number of benzene rings is 1. The van der Waals surface area contributed by atoms with Gasteiger partial charge in [-0.3, -0.25) is 0 Å². The molecule has 0 aliphatic heterocycles. The Labute approximate surface area is 183 Å². The molecule has 0 nitrogen and oxygen atoms in total. The van der Waals surface area contributed by atoms with Gasteiger partial charge in [-0.1, -0.05) is 71.6 Å². The Kier molecular flexibility index (Phi) is 7.78. The van der Waals surface area contributed by atoms with Gasteiger partial charge in [-0.25, -0.2) is 0 Å². The molecule has 0 spiro atoms. The predicted molar refractivity (Wildman–Crippen MR) is 136 cm³/mol. The SMILES string of the molecule is [CH2][P+](C)(c1ccccc1)C1CCCC1[C@@H](C)P(C1CCCCC1)C1CCCCC1. The molecule has 3 unspecified atom stereocenters. The molecule has 0 amide bonds. The second-order valence-electron chi connectivity index (χ2n) is 10.5. The molecule has 0 saturated heterocycles. The van der Waals surface area contributed by atoms with E-state index in [1.807, 2.05) is 0 Å². The lowest BCUT2D eigenvalue weighted by molar-refractivity contribution is 0.466. The van der Waals surface area contributed by atoms with Gasteiger partial charge in [0.1, 0.15) is 0 Å². The van der Waals surface area contributed by atoms with Crippen LogP contribution in [0.1, 0.15) is 90.4 Å². The van der Waals surface area contributed by atoms with E-state index in [2.05, 4.69) is 43.9 Å². The van der Waals surface area contributed by atoms with Crippen LogP contribution < -0.4 is 5.30 Å². The highest BCUT2D eigenvalue weighted by molar-refractivity contribution is 7.84. The van der Waals surface area contributed by atoms with Gasteiger partial charge in [0.2, 0.25) is 0 Å². The molecule has 1 aromatic carbocycles. The highest BCUT2D eigenvalue weighted by Gasteiger charge is 2.50. The summed E-state index contributed by atoms with van der Waals surface area (Å²) >= 11 is 0. The van der Waals surface area contributed by atoms with Gasteiger partial charge in [0.25, 0.3) is 0 Å². The van der Waals surface area contributed by atoms with Crippen LogP contribution in [-0.4, -0.2) is 29.3 Å². The molecule has 0 aromatic heterocycles. The minimum atomic E-state index is -1.31. The molecular formula is C27H44P2+. The first kappa shape index (κ1) is 22.3. The van der Waals surface area contributed by atoms with Crippen molar-refractivity contribution in [2.45, 2.75) is 113 Å². The fraction of sp³-hybridized carbons (Fsp3) is 0.741. The van der Waals surface area contributed by atoms with Gasteiger partial charge in [-0.05, 0) is 74.1 Å². The Morgan fingerprint density at radius 2 is 1.34 bits per heavy atom. The minimum absolute atomic E-state index is 0.178. The van der Waals surface area contributed by atoms with Gasteiger partial charge in [-0.2, -0.15) is 0 Å². The Bertz CT molecular complexity index is 595. The topological polar surface area (TPSA) is 0 Å². The molecular weight excluding hydrogens is 386 g/mol. The smallest absolute Gasteiger partial charge is 0.0970 e. The lowest BCUT2D eigenvalue weighted by Crippen LogP contribution is -2.34. The van der Waals surface area contributed by atoms with E-state index in [0.29, 0.717) is 0 Å². The van der Waals surface area contributed by atoms with Crippen LogP contribution in [0.5, 0.6) is 0 Å². The van der Waals surface area contributed by atoms with Crippen molar-refractivity contribution in [1.29, 1.82) is 0 Å². The van der Waals surface area contributed by atoms with Crippen molar-refractivity contribution >= 4 is 20.5 Å². The number of rotatable bonds is 6. The van der Waals surface area contributed by atoms with E-state index in [-0.39, 0.29) is 7.92 Å². The summed E-state index contributed by atoms with van der Waals surface area (Å²) in [5, 5.41) is 1.57. The number of hydrogen-bond acceptors (Lipinski definition) is 0. The largest absolute Gasteiger partial charge is 0.0980 e. The molecule has 4 atom stereocenters. The number of hydrogen-bond donors (Lipinski definition) is 0. The molecule has 0 heterocycles. The average molecular weight is 431 g/mol. The zero-order chi connectivity index (χ0) is 20.3. The second-order valence-corrected chi connectivity index (χ2v) is 17.4. The summed E-state index contributed by atoms with van der Waals surface area (Å²) in [4.78, 5) is 0. The monoisotopic (exact) mass is 430 g/mol. The zero-order valence-corrected chi connectivity index (χ0v) is 20.9. The van der Waals surface area contributed by atoms with E-state index < -0.39 is 7.26 Å². The molecule has 0 N–H and O–H groups in total. The Balaban J connectivity index is 1.57. The second kappa shape index (κ2) is 10.1. The van der Waals surface area contributed by atoms with Crippen LogP contribution >= 0.6 is 15.2 Å².